The van der Waals surface area contributed by atoms with Gasteiger partial charge in [0, 0.05) is 23.3 Å². The van der Waals surface area contributed by atoms with Crippen molar-refractivity contribution in [1.29, 1.82) is 0 Å². The Labute approximate surface area is 182 Å². The highest BCUT2D eigenvalue weighted by atomic mass is 32.2. The fraction of sp³-hybridized carbons (Fsp3) is 0.167. The topological polar surface area (TPSA) is 34.1 Å². The first-order valence-electron chi connectivity index (χ1n) is 9.31. The number of carbonyl (C=O) groups excluding carboxylic acids is 1. The molecule has 0 spiro atoms. The number of hydrogen-bond donors (Lipinski definition) is 0. The van der Waals surface area contributed by atoms with Gasteiger partial charge in [-0.1, -0.05) is 85.0 Å². The fourth-order valence-electron chi connectivity index (χ4n) is 3.32. The summed E-state index contributed by atoms with van der Waals surface area (Å²) in [5.41, 5.74) is 4.15. The normalized spacial score (nSPS) is 12.9. The molecule has 3 aromatic rings. The van der Waals surface area contributed by atoms with Gasteiger partial charge in [-0.05, 0) is 36.1 Å². The maximum atomic E-state index is 13.3. The van der Waals surface area contributed by atoms with Crippen LogP contribution >= 0.6 is 31.1 Å². The van der Waals surface area contributed by atoms with Crippen molar-refractivity contribution >= 4 is 46.1 Å². The first-order valence-corrected chi connectivity index (χ1v) is 12.9. The van der Waals surface area contributed by atoms with Gasteiger partial charge in [0.1, 0.15) is 0 Å². The van der Waals surface area contributed by atoms with Crippen molar-refractivity contribution < 1.29 is 9.36 Å². The maximum Gasteiger partial charge on any atom is 0.225 e. The molecule has 1 unspecified atom stereocenters. The van der Waals surface area contributed by atoms with Crippen LogP contribution in [0.3, 0.4) is 0 Å². The van der Waals surface area contributed by atoms with E-state index < -0.39 is 7.14 Å². The minimum absolute atomic E-state index is 0.280. The predicted molar refractivity (Wildman–Crippen MR) is 129 cm³/mol. The summed E-state index contributed by atoms with van der Waals surface area (Å²) in [6.45, 7) is 5.38. The van der Waals surface area contributed by atoms with E-state index in [-0.39, 0.29) is 5.52 Å². The molecule has 0 amide bonds. The van der Waals surface area contributed by atoms with Crippen molar-refractivity contribution in [2.24, 2.45) is 0 Å². The summed E-state index contributed by atoms with van der Waals surface area (Å²) in [5.74, 6) is 0.729. The molecule has 0 heterocycles. The SMILES string of the molecule is Cc1cc(CSC(=S)c2ccccc2)cc(C)c1C(=O)P(C)(=O)c1ccccc1. The zero-order valence-corrected chi connectivity index (χ0v) is 19.2. The number of hydrogen-bond acceptors (Lipinski definition) is 4. The zero-order valence-electron chi connectivity index (χ0n) is 16.7. The number of thioether (sulfide) groups is 1. The number of rotatable bonds is 6. The van der Waals surface area contributed by atoms with Gasteiger partial charge < -0.3 is 4.57 Å². The Hall–Kier alpha value is -2.00. The Morgan fingerprint density at radius 1 is 0.931 bits per heavy atom. The van der Waals surface area contributed by atoms with Crippen molar-refractivity contribution in [3.63, 3.8) is 0 Å². The molecule has 148 valence electrons. The third kappa shape index (κ3) is 4.95. The van der Waals surface area contributed by atoms with Crippen LogP contribution in [0.2, 0.25) is 0 Å². The molecule has 3 aromatic carbocycles. The fourth-order valence-corrected chi connectivity index (χ4v) is 6.16. The quantitative estimate of drug-likeness (QED) is 0.331. The molecule has 0 bridgehead atoms. The molecule has 0 aliphatic carbocycles. The van der Waals surface area contributed by atoms with Crippen molar-refractivity contribution in [3.05, 3.63) is 101 Å². The first kappa shape index (κ1) is 21.7. The van der Waals surface area contributed by atoms with Gasteiger partial charge in [0.05, 0.1) is 4.20 Å². The van der Waals surface area contributed by atoms with E-state index in [1.54, 1.807) is 30.6 Å². The average molecular weight is 439 g/mol. The lowest BCUT2D eigenvalue weighted by Crippen LogP contribution is -2.14. The van der Waals surface area contributed by atoms with E-state index in [1.165, 1.54) is 0 Å². The number of carbonyl (C=O) groups is 1. The maximum absolute atomic E-state index is 13.3. The van der Waals surface area contributed by atoms with Crippen LogP contribution in [0.4, 0.5) is 0 Å². The summed E-state index contributed by atoms with van der Waals surface area (Å²) in [6.07, 6.45) is 0. The van der Waals surface area contributed by atoms with Gasteiger partial charge in [-0.25, -0.2) is 0 Å². The van der Waals surface area contributed by atoms with Crippen molar-refractivity contribution in [3.8, 4) is 0 Å². The number of benzene rings is 3. The van der Waals surface area contributed by atoms with Crippen LogP contribution < -0.4 is 5.30 Å². The molecule has 5 heteroatoms. The highest BCUT2D eigenvalue weighted by Crippen LogP contribution is 2.45. The van der Waals surface area contributed by atoms with Crippen LogP contribution in [-0.2, 0) is 10.3 Å². The molecule has 0 N–H and O–H groups in total. The van der Waals surface area contributed by atoms with E-state index in [1.807, 2.05) is 74.5 Å². The summed E-state index contributed by atoms with van der Waals surface area (Å²) in [4.78, 5) is 13.2. The third-order valence-corrected chi connectivity index (χ3v) is 8.67. The van der Waals surface area contributed by atoms with Crippen molar-refractivity contribution in [2.75, 3.05) is 6.66 Å². The smallest absolute Gasteiger partial charge is 0.225 e. The second-order valence-corrected chi connectivity index (χ2v) is 11.5. The molecule has 0 fully saturated rings. The van der Waals surface area contributed by atoms with Gasteiger partial charge >= 0.3 is 0 Å². The van der Waals surface area contributed by atoms with E-state index in [0.717, 1.165) is 32.2 Å². The van der Waals surface area contributed by atoms with E-state index >= 15 is 0 Å². The van der Waals surface area contributed by atoms with Crippen LogP contribution in [0.25, 0.3) is 0 Å². The van der Waals surface area contributed by atoms with Crippen LogP contribution in [-0.4, -0.2) is 16.4 Å². The van der Waals surface area contributed by atoms with E-state index in [4.69, 9.17) is 12.2 Å². The monoisotopic (exact) mass is 438 g/mol. The number of aryl methyl sites for hydroxylation is 2. The standard InChI is InChI=1S/C24H23O2PS2/c1-17-14-19(16-29-24(28)20-10-6-4-7-11-20)15-18(2)22(17)23(25)27(3,26)21-12-8-5-9-13-21/h4-15H,16H2,1-3H3. The van der Waals surface area contributed by atoms with Crippen molar-refractivity contribution in [2.45, 2.75) is 19.6 Å². The molecule has 0 aliphatic heterocycles. The van der Waals surface area contributed by atoms with E-state index in [2.05, 4.69) is 0 Å². The number of thiocarbonyl (C=S) groups is 1. The Bertz CT molecular complexity index is 1070. The molecular weight excluding hydrogens is 415 g/mol. The Morgan fingerprint density at radius 3 is 2.00 bits per heavy atom. The first-order chi connectivity index (χ1) is 13.8. The van der Waals surface area contributed by atoms with Gasteiger partial charge in [0.25, 0.3) is 0 Å². The molecule has 2 nitrogen and oxygen atoms in total. The second-order valence-electron chi connectivity index (χ2n) is 7.11. The summed E-state index contributed by atoms with van der Waals surface area (Å²) in [6, 6.07) is 23.0. The summed E-state index contributed by atoms with van der Waals surface area (Å²) in [5, 5.41) is 0.594. The minimum atomic E-state index is -3.16. The third-order valence-electron chi connectivity index (χ3n) is 4.82. The summed E-state index contributed by atoms with van der Waals surface area (Å²) < 4.78 is 14.2. The van der Waals surface area contributed by atoms with E-state index in [9.17, 15) is 9.36 Å². The molecule has 0 radical (unpaired) electrons. The van der Waals surface area contributed by atoms with Crippen LogP contribution in [0, 0.1) is 13.8 Å². The lowest BCUT2D eigenvalue weighted by molar-refractivity contribution is 0.107. The lowest BCUT2D eigenvalue weighted by Gasteiger charge is -2.17. The minimum Gasteiger partial charge on any atom is -0.310 e. The lowest BCUT2D eigenvalue weighted by atomic mass is 10.0. The predicted octanol–water partition coefficient (Wildman–Crippen LogP) is 6.37. The zero-order chi connectivity index (χ0) is 21.0. The van der Waals surface area contributed by atoms with Gasteiger partial charge in [0.2, 0.25) is 5.52 Å². The van der Waals surface area contributed by atoms with Crippen LogP contribution in [0.1, 0.15) is 32.6 Å². The molecule has 29 heavy (non-hydrogen) atoms. The van der Waals surface area contributed by atoms with Crippen molar-refractivity contribution in [1.82, 2.24) is 0 Å². The summed E-state index contributed by atoms with van der Waals surface area (Å²) in [7, 11) is -3.16. The largest absolute Gasteiger partial charge is 0.310 e. The van der Waals surface area contributed by atoms with E-state index in [0.29, 0.717) is 10.9 Å². The molecular formula is C24H23O2PS2. The molecule has 0 saturated carbocycles. The highest BCUT2D eigenvalue weighted by molar-refractivity contribution is 8.23. The molecule has 0 saturated heterocycles. The van der Waals surface area contributed by atoms with Crippen LogP contribution in [0.15, 0.2) is 72.8 Å². The highest BCUT2D eigenvalue weighted by Gasteiger charge is 2.31. The second kappa shape index (κ2) is 9.21. The Balaban J connectivity index is 1.81. The summed E-state index contributed by atoms with van der Waals surface area (Å²) >= 11 is 7.14. The molecule has 0 aromatic heterocycles. The van der Waals surface area contributed by atoms with Gasteiger partial charge in [-0.15, -0.1) is 11.8 Å². The molecule has 0 aliphatic rings. The van der Waals surface area contributed by atoms with Gasteiger partial charge in [-0.3, -0.25) is 4.79 Å². The molecule has 3 rings (SSSR count). The van der Waals surface area contributed by atoms with Gasteiger partial charge in [0.15, 0.2) is 7.14 Å². The molecule has 1 atom stereocenters. The Morgan fingerprint density at radius 2 is 1.45 bits per heavy atom. The Kier molecular flexibility index (Phi) is 6.89. The van der Waals surface area contributed by atoms with Crippen LogP contribution in [0.5, 0.6) is 0 Å². The average Bonchev–Trinajstić information content (AvgIpc) is 2.72. The van der Waals surface area contributed by atoms with Gasteiger partial charge in [-0.2, -0.15) is 0 Å².